The van der Waals surface area contributed by atoms with E-state index < -0.39 is 6.03 Å². The van der Waals surface area contributed by atoms with Crippen molar-refractivity contribution in [2.75, 3.05) is 10.6 Å². The summed E-state index contributed by atoms with van der Waals surface area (Å²) in [5.74, 6) is -0.307. The maximum absolute atomic E-state index is 12.4. The van der Waals surface area contributed by atoms with Gasteiger partial charge in [0.25, 0.3) is 5.91 Å². The second-order valence-electron chi connectivity index (χ2n) is 5.95. The number of halogens is 3. The maximum Gasteiger partial charge on any atom is 0.323 e. The highest BCUT2D eigenvalue weighted by molar-refractivity contribution is 6.42. The van der Waals surface area contributed by atoms with Gasteiger partial charge in [0, 0.05) is 30.2 Å². The van der Waals surface area contributed by atoms with Gasteiger partial charge < -0.3 is 16.0 Å². The van der Waals surface area contributed by atoms with E-state index >= 15 is 0 Å². The predicted octanol–water partition coefficient (Wildman–Crippen LogP) is 5.62. The summed E-state index contributed by atoms with van der Waals surface area (Å²) >= 11 is 17.9. The van der Waals surface area contributed by atoms with Gasteiger partial charge in [-0.25, -0.2) is 4.79 Å². The van der Waals surface area contributed by atoms with E-state index in [1.165, 1.54) is 18.2 Å². The van der Waals surface area contributed by atoms with Crippen molar-refractivity contribution in [3.63, 3.8) is 0 Å². The smallest absolute Gasteiger partial charge is 0.323 e. The minimum absolute atomic E-state index is 0.290. The Morgan fingerprint density at radius 2 is 1.69 bits per heavy atom. The van der Waals surface area contributed by atoms with E-state index in [-0.39, 0.29) is 10.9 Å². The Bertz CT molecular complexity index is 1050. The monoisotopic (exact) mass is 448 g/mol. The molecule has 3 aromatic rings. The Balaban J connectivity index is 1.65. The van der Waals surface area contributed by atoms with Gasteiger partial charge in [-0.05, 0) is 48.0 Å². The number of carbonyl (C=O) groups excluding carboxylic acids is 2. The van der Waals surface area contributed by atoms with Crippen LogP contribution in [0.15, 0.2) is 60.9 Å². The van der Waals surface area contributed by atoms with Crippen molar-refractivity contribution in [3.8, 4) is 0 Å². The van der Waals surface area contributed by atoms with Gasteiger partial charge in [0.05, 0.1) is 20.8 Å². The largest absolute Gasteiger partial charge is 0.348 e. The van der Waals surface area contributed by atoms with Gasteiger partial charge in [-0.2, -0.15) is 0 Å². The SMILES string of the molecule is O=C(Nc1ccc(Cl)c(Cl)c1)Nc1cc(C(=O)NCc2cccnc2)ccc1Cl. The van der Waals surface area contributed by atoms with E-state index in [9.17, 15) is 9.59 Å². The van der Waals surface area contributed by atoms with Crippen molar-refractivity contribution in [2.45, 2.75) is 6.54 Å². The van der Waals surface area contributed by atoms with Crippen molar-refractivity contribution >= 4 is 58.1 Å². The van der Waals surface area contributed by atoms with Crippen LogP contribution in [0.5, 0.6) is 0 Å². The Labute approximate surface area is 182 Å². The fraction of sp³-hybridized carbons (Fsp3) is 0.0500. The Hall–Kier alpha value is -2.80. The third kappa shape index (κ3) is 5.84. The number of amides is 3. The topological polar surface area (TPSA) is 83.1 Å². The molecule has 1 aromatic heterocycles. The maximum atomic E-state index is 12.4. The highest BCUT2D eigenvalue weighted by Gasteiger charge is 2.12. The third-order valence-electron chi connectivity index (χ3n) is 3.83. The molecule has 6 nitrogen and oxygen atoms in total. The zero-order valence-electron chi connectivity index (χ0n) is 14.9. The summed E-state index contributed by atoms with van der Waals surface area (Å²) < 4.78 is 0. The molecule has 3 N–H and O–H groups in total. The molecule has 0 saturated carbocycles. The summed E-state index contributed by atoms with van der Waals surface area (Å²) in [4.78, 5) is 28.7. The zero-order chi connectivity index (χ0) is 20.8. The van der Waals surface area contributed by atoms with Crippen LogP contribution in [0.1, 0.15) is 15.9 Å². The van der Waals surface area contributed by atoms with Gasteiger partial charge in [0.15, 0.2) is 0 Å². The molecule has 0 radical (unpaired) electrons. The summed E-state index contributed by atoms with van der Waals surface area (Å²) in [6, 6.07) is 12.4. The highest BCUT2D eigenvalue weighted by Crippen LogP contribution is 2.26. The van der Waals surface area contributed by atoms with Crippen molar-refractivity contribution in [1.29, 1.82) is 0 Å². The van der Waals surface area contributed by atoms with Crippen LogP contribution in [-0.2, 0) is 6.54 Å². The number of nitrogens with one attached hydrogen (secondary N) is 3. The van der Waals surface area contributed by atoms with Gasteiger partial charge in [-0.15, -0.1) is 0 Å². The lowest BCUT2D eigenvalue weighted by Gasteiger charge is -2.11. The summed E-state index contributed by atoms with van der Waals surface area (Å²) in [6.45, 7) is 0.329. The molecule has 0 aliphatic carbocycles. The molecule has 0 saturated heterocycles. The molecular weight excluding hydrogens is 435 g/mol. The van der Waals surface area contributed by atoms with Crippen molar-refractivity contribution in [1.82, 2.24) is 10.3 Å². The molecule has 29 heavy (non-hydrogen) atoms. The lowest BCUT2D eigenvalue weighted by Crippen LogP contribution is -2.23. The van der Waals surface area contributed by atoms with Crippen molar-refractivity contribution in [3.05, 3.63) is 87.1 Å². The van der Waals surface area contributed by atoms with Gasteiger partial charge in [0.2, 0.25) is 0 Å². The van der Waals surface area contributed by atoms with Gasteiger partial charge in [-0.1, -0.05) is 40.9 Å². The molecule has 0 aliphatic heterocycles. The molecule has 0 atom stereocenters. The molecule has 0 spiro atoms. The van der Waals surface area contributed by atoms with E-state index in [0.717, 1.165) is 5.56 Å². The molecule has 9 heteroatoms. The van der Waals surface area contributed by atoms with Crippen LogP contribution in [-0.4, -0.2) is 16.9 Å². The highest BCUT2D eigenvalue weighted by atomic mass is 35.5. The van der Waals surface area contributed by atoms with Crippen LogP contribution in [0.25, 0.3) is 0 Å². The Morgan fingerprint density at radius 1 is 0.897 bits per heavy atom. The van der Waals surface area contributed by atoms with E-state index in [4.69, 9.17) is 34.8 Å². The Kier molecular flexibility index (Phi) is 6.93. The third-order valence-corrected chi connectivity index (χ3v) is 4.90. The van der Waals surface area contributed by atoms with Crippen LogP contribution in [0, 0.1) is 0 Å². The normalized spacial score (nSPS) is 10.3. The lowest BCUT2D eigenvalue weighted by molar-refractivity contribution is 0.0951. The minimum Gasteiger partial charge on any atom is -0.348 e. The van der Waals surface area contributed by atoms with Gasteiger partial charge in [-0.3, -0.25) is 9.78 Å². The molecular formula is C20H15Cl3N4O2. The van der Waals surface area contributed by atoms with Crippen LogP contribution in [0.3, 0.4) is 0 Å². The number of urea groups is 1. The molecule has 1 heterocycles. The summed E-state index contributed by atoms with van der Waals surface area (Å²) in [5, 5.41) is 9.01. The Morgan fingerprint density at radius 3 is 2.41 bits per heavy atom. The molecule has 3 amide bonds. The summed E-state index contributed by atoms with van der Waals surface area (Å²) in [6.07, 6.45) is 3.33. The average Bonchev–Trinajstić information content (AvgIpc) is 2.71. The predicted molar refractivity (Wildman–Crippen MR) is 116 cm³/mol. The first-order chi connectivity index (χ1) is 13.9. The molecule has 3 rings (SSSR count). The van der Waals surface area contributed by atoms with Crippen LogP contribution >= 0.6 is 34.8 Å². The fourth-order valence-electron chi connectivity index (χ4n) is 2.41. The van der Waals surface area contributed by atoms with Crippen molar-refractivity contribution < 1.29 is 9.59 Å². The van der Waals surface area contributed by atoms with Gasteiger partial charge >= 0.3 is 6.03 Å². The van der Waals surface area contributed by atoms with Crippen molar-refractivity contribution in [2.24, 2.45) is 0 Å². The minimum atomic E-state index is -0.543. The molecule has 0 fully saturated rings. The molecule has 0 unspecified atom stereocenters. The number of hydrogen-bond acceptors (Lipinski definition) is 3. The number of benzene rings is 2. The fourth-order valence-corrected chi connectivity index (χ4v) is 2.87. The number of nitrogens with zero attached hydrogens (tertiary/aromatic N) is 1. The molecule has 2 aromatic carbocycles. The van der Waals surface area contributed by atoms with E-state index in [1.54, 1.807) is 36.7 Å². The quantitative estimate of drug-likeness (QED) is 0.473. The van der Waals surface area contributed by atoms with Gasteiger partial charge in [0.1, 0.15) is 0 Å². The van der Waals surface area contributed by atoms with E-state index in [1.807, 2.05) is 6.07 Å². The number of carbonyl (C=O) groups is 2. The number of aromatic nitrogens is 1. The summed E-state index contributed by atoms with van der Waals surface area (Å²) in [5.41, 5.74) is 1.97. The number of rotatable bonds is 5. The second-order valence-corrected chi connectivity index (χ2v) is 7.17. The van der Waals surface area contributed by atoms with E-state index in [0.29, 0.717) is 33.5 Å². The number of pyridine rings is 1. The second kappa shape index (κ2) is 9.60. The number of anilines is 2. The number of hydrogen-bond donors (Lipinski definition) is 3. The lowest BCUT2D eigenvalue weighted by atomic mass is 10.2. The first-order valence-corrected chi connectivity index (χ1v) is 9.55. The summed E-state index contributed by atoms with van der Waals surface area (Å²) in [7, 11) is 0. The van der Waals surface area contributed by atoms with E-state index in [2.05, 4.69) is 20.9 Å². The molecule has 0 aliphatic rings. The van der Waals surface area contributed by atoms with Crippen LogP contribution in [0.2, 0.25) is 15.1 Å². The first kappa shape index (κ1) is 20.9. The van der Waals surface area contributed by atoms with Crippen LogP contribution < -0.4 is 16.0 Å². The molecule has 148 valence electrons. The average molecular weight is 450 g/mol. The standard InChI is InChI=1S/C20H15Cl3N4O2/c21-15-6-4-14(9-17(15)23)26-20(29)27-18-8-13(3-5-16(18)22)19(28)25-11-12-2-1-7-24-10-12/h1-10H,11H2,(H,25,28)(H2,26,27,29). The zero-order valence-corrected chi connectivity index (χ0v) is 17.1. The first-order valence-electron chi connectivity index (χ1n) is 8.42. The molecule has 0 bridgehead atoms. The van der Waals surface area contributed by atoms with Crippen LogP contribution in [0.4, 0.5) is 16.2 Å².